The van der Waals surface area contributed by atoms with Crippen LogP contribution >= 0.6 is 11.6 Å². The van der Waals surface area contributed by atoms with Crippen LogP contribution in [0.2, 0.25) is 5.02 Å². The number of halogens is 2. The molecule has 0 atom stereocenters. The fraction of sp³-hybridized carbons (Fsp3) is 0.333. The van der Waals surface area contributed by atoms with Crippen LogP contribution in [-0.4, -0.2) is 4.98 Å². The number of hydrogen-bond donors (Lipinski definition) is 1. The fourth-order valence-corrected chi connectivity index (χ4v) is 2.19. The van der Waals surface area contributed by atoms with E-state index in [0.29, 0.717) is 10.4 Å². The molecule has 3 heteroatoms. The molecule has 2 rings (SSSR count). The van der Waals surface area contributed by atoms with E-state index < -0.39 is 0 Å². The average molecular weight is 226 g/mol. The summed E-state index contributed by atoms with van der Waals surface area (Å²) in [5.74, 6) is -0.192. The maximum atomic E-state index is 13.7. The molecule has 1 nitrogen and oxygen atoms in total. The summed E-state index contributed by atoms with van der Waals surface area (Å²) >= 11 is 6.02. The van der Waals surface area contributed by atoms with Crippen LogP contribution < -0.4 is 0 Å². The third-order valence-corrected chi connectivity index (χ3v) is 2.99. The van der Waals surface area contributed by atoms with Crippen LogP contribution in [0.4, 0.5) is 4.39 Å². The van der Waals surface area contributed by atoms with Gasteiger partial charge in [-0.1, -0.05) is 24.9 Å². The van der Waals surface area contributed by atoms with Crippen LogP contribution in [0.3, 0.4) is 0 Å². The zero-order valence-corrected chi connectivity index (χ0v) is 9.58. The Hall–Kier alpha value is -1.02. The molecule has 0 radical (unpaired) electrons. The standard InChI is InChI=1S/C12H13ClFN/c1-3-4-8-7(2)15-12-9(13)5-6-10(14)11(8)12/h5-6,15H,3-4H2,1-2H3. The summed E-state index contributed by atoms with van der Waals surface area (Å²) in [7, 11) is 0. The van der Waals surface area contributed by atoms with E-state index in [9.17, 15) is 4.39 Å². The highest BCUT2D eigenvalue weighted by Crippen LogP contribution is 2.30. The Morgan fingerprint density at radius 3 is 2.80 bits per heavy atom. The smallest absolute Gasteiger partial charge is 0.132 e. The lowest BCUT2D eigenvalue weighted by atomic mass is 10.1. The zero-order chi connectivity index (χ0) is 11.0. The van der Waals surface area contributed by atoms with Crippen molar-refractivity contribution < 1.29 is 4.39 Å². The lowest BCUT2D eigenvalue weighted by Gasteiger charge is -2.00. The number of nitrogens with one attached hydrogen (secondary N) is 1. The number of fused-ring (bicyclic) bond motifs is 1. The van der Waals surface area contributed by atoms with E-state index in [0.717, 1.165) is 29.6 Å². The van der Waals surface area contributed by atoms with Gasteiger partial charge in [0, 0.05) is 11.1 Å². The van der Waals surface area contributed by atoms with Crippen LogP contribution in [0.1, 0.15) is 24.6 Å². The monoisotopic (exact) mass is 225 g/mol. The van der Waals surface area contributed by atoms with Crippen molar-refractivity contribution in [1.82, 2.24) is 4.98 Å². The maximum Gasteiger partial charge on any atom is 0.132 e. The van der Waals surface area contributed by atoms with Gasteiger partial charge in [-0.2, -0.15) is 0 Å². The Labute approximate surface area is 93.3 Å². The Kier molecular flexibility index (Phi) is 2.70. The molecule has 1 aromatic carbocycles. The molecule has 1 N–H and O–H groups in total. The van der Waals surface area contributed by atoms with Crippen molar-refractivity contribution in [2.75, 3.05) is 0 Å². The van der Waals surface area contributed by atoms with E-state index in [1.54, 1.807) is 6.07 Å². The summed E-state index contributed by atoms with van der Waals surface area (Å²) in [6.45, 7) is 4.04. The molecule has 15 heavy (non-hydrogen) atoms. The first-order valence-corrected chi connectivity index (χ1v) is 5.48. The van der Waals surface area contributed by atoms with Crippen LogP contribution in [0.15, 0.2) is 12.1 Å². The second-order valence-electron chi connectivity index (χ2n) is 3.76. The van der Waals surface area contributed by atoms with Crippen LogP contribution in [-0.2, 0) is 6.42 Å². The summed E-state index contributed by atoms with van der Waals surface area (Å²) in [5, 5.41) is 1.23. The number of benzene rings is 1. The minimum absolute atomic E-state index is 0.192. The molecule has 0 unspecified atom stereocenters. The van der Waals surface area contributed by atoms with Gasteiger partial charge in [-0.3, -0.25) is 0 Å². The molecule has 2 aromatic rings. The highest BCUT2D eigenvalue weighted by Gasteiger charge is 2.13. The van der Waals surface area contributed by atoms with E-state index in [1.165, 1.54) is 6.07 Å². The molecule has 0 aliphatic rings. The second-order valence-corrected chi connectivity index (χ2v) is 4.16. The van der Waals surface area contributed by atoms with E-state index in [4.69, 9.17) is 11.6 Å². The second kappa shape index (κ2) is 3.86. The normalized spacial score (nSPS) is 11.2. The van der Waals surface area contributed by atoms with Crippen molar-refractivity contribution in [3.63, 3.8) is 0 Å². The molecule has 0 saturated heterocycles. The highest BCUT2D eigenvalue weighted by molar-refractivity contribution is 6.35. The van der Waals surface area contributed by atoms with Crippen LogP contribution in [0.25, 0.3) is 10.9 Å². The predicted octanol–water partition coefficient (Wildman–Crippen LogP) is 4.22. The van der Waals surface area contributed by atoms with Gasteiger partial charge in [-0.25, -0.2) is 4.39 Å². The van der Waals surface area contributed by atoms with Crippen molar-refractivity contribution in [3.05, 3.63) is 34.2 Å². The van der Waals surface area contributed by atoms with Gasteiger partial charge >= 0.3 is 0 Å². The number of aryl methyl sites for hydroxylation is 2. The molecule has 1 heterocycles. The Morgan fingerprint density at radius 1 is 1.40 bits per heavy atom. The molecule has 0 amide bonds. The first-order chi connectivity index (χ1) is 7.15. The Bertz CT molecular complexity index is 502. The van der Waals surface area contributed by atoms with Crippen molar-refractivity contribution in [1.29, 1.82) is 0 Å². The molecular formula is C12H13ClFN. The summed E-state index contributed by atoms with van der Waals surface area (Å²) in [6, 6.07) is 3.02. The molecule has 1 aromatic heterocycles. The molecule has 0 fully saturated rings. The third-order valence-electron chi connectivity index (χ3n) is 2.67. The van der Waals surface area contributed by atoms with Crippen LogP contribution in [0, 0.1) is 12.7 Å². The zero-order valence-electron chi connectivity index (χ0n) is 8.82. The Morgan fingerprint density at radius 2 is 2.13 bits per heavy atom. The molecule has 0 bridgehead atoms. The van der Waals surface area contributed by atoms with Gasteiger partial charge < -0.3 is 4.98 Å². The third kappa shape index (κ3) is 1.63. The number of aromatic amines is 1. The van der Waals surface area contributed by atoms with Crippen molar-refractivity contribution in [2.24, 2.45) is 0 Å². The number of H-pyrrole nitrogens is 1. The number of rotatable bonds is 2. The number of aromatic nitrogens is 1. The summed E-state index contributed by atoms with van der Waals surface area (Å²) in [5.41, 5.74) is 2.78. The largest absolute Gasteiger partial charge is 0.357 e. The Balaban J connectivity index is 2.79. The van der Waals surface area contributed by atoms with Crippen molar-refractivity contribution >= 4 is 22.5 Å². The van der Waals surface area contributed by atoms with Crippen molar-refractivity contribution in [3.8, 4) is 0 Å². The summed E-state index contributed by atoms with van der Waals surface area (Å²) < 4.78 is 13.7. The van der Waals surface area contributed by atoms with Gasteiger partial charge in [0.1, 0.15) is 5.82 Å². The van der Waals surface area contributed by atoms with Crippen LogP contribution in [0.5, 0.6) is 0 Å². The minimum atomic E-state index is -0.192. The number of hydrogen-bond acceptors (Lipinski definition) is 0. The van der Waals surface area contributed by atoms with Gasteiger partial charge in [0.15, 0.2) is 0 Å². The average Bonchev–Trinajstić information content (AvgIpc) is 2.53. The lowest BCUT2D eigenvalue weighted by molar-refractivity contribution is 0.638. The van der Waals surface area contributed by atoms with E-state index in [1.807, 2.05) is 6.92 Å². The quantitative estimate of drug-likeness (QED) is 0.788. The first-order valence-electron chi connectivity index (χ1n) is 5.10. The van der Waals surface area contributed by atoms with Gasteiger partial charge in [0.25, 0.3) is 0 Å². The molecular weight excluding hydrogens is 213 g/mol. The first kappa shape index (κ1) is 10.5. The minimum Gasteiger partial charge on any atom is -0.357 e. The topological polar surface area (TPSA) is 15.8 Å². The lowest BCUT2D eigenvalue weighted by Crippen LogP contribution is -1.86. The molecule has 0 spiro atoms. The van der Waals surface area contributed by atoms with Gasteiger partial charge in [0.05, 0.1) is 10.5 Å². The molecule has 0 aliphatic heterocycles. The van der Waals surface area contributed by atoms with Gasteiger partial charge in [0.2, 0.25) is 0 Å². The SMILES string of the molecule is CCCc1c(C)[nH]c2c(Cl)ccc(F)c12. The van der Waals surface area contributed by atoms with E-state index >= 15 is 0 Å². The van der Waals surface area contributed by atoms with E-state index in [2.05, 4.69) is 11.9 Å². The fourth-order valence-electron chi connectivity index (χ4n) is 1.98. The van der Waals surface area contributed by atoms with Gasteiger partial charge in [-0.15, -0.1) is 0 Å². The molecule has 0 aliphatic carbocycles. The van der Waals surface area contributed by atoms with Gasteiger partial charge in [-0.05, 0) is 31.0 Å². The van der Waals surface area contributed by atoms with E-state index in [-0.39, 0.29) is 5.82 Å². The predicted molar refractivity (Wildman–Crippen MR) is 62.0 cm³/mol. The maximum absolute atomic E-state index is 13.7. The summed E-state index contributed by atoms with van der Waals surface area (Å²) in [4.78, 5) is 3.15. The molecule has 0 saturated carbocycles. The summed E-state index contributed by atoms with van der Waals surface area (Å²) in [6.07, 6.45) is 1.88. The highest BCUT2D eigenvalue weighted by atomic mass is 35.5. The molecule has 80 valence electrons. The van der Waals surface area contributed by atoms with Crippen molar-refractivity contribution in [2.45, 2.75) is 26.7 Å².